The van der Waals surface area contributed by atoms with Crippen LogP contribution in [-0.4, -0.2) is 45.2 Å². The third-order valence-corrected chi connectivity index (χ3v) is 6.09. The summed E-state index contributed by atoms with van der Waals surface area (Å²) in [5.74, 6) is -0.310. The minimum Gasteiger partial charge on any atom is -0.478 e. The normalized spacial score (nSPS) is 16.6. The average molecular weight is 429 g/mol. The number of aromatic amines is 1. The van der Waals surface area contributed by atoms with Crippen LogP contribution < -0.4 is 0 Å². The number of rotatable bonds is 5. The maximum absolute atomic E-state index is 13.6. The number of aromatic nitrogens is 2. The van der Waals surface area contributed by atoms with Gasteiger partial charge in [-0.25, -0.2) is 14.2 Å². The molecule has 0 spiro atoms. The summed E-state index contributed by atoms with van der Waals surface area (Å²) in [6.45, 7) is 3.83. The number of carboxylic acid groups (broad SMARTS) is 1. The van der Waals surface area contributed by atoms with Gasteiger partial charge in [-0.3, -0.25) is 4.90 Å². The lowest BCUT2D eigenvalue weighted by Gasteiger charge is -2.18. The van der Waals surface area contributed by atoms with Crippen molar-refractivity contribution in [2.45, 2.75) is 26.1 Å². The molecule has 1 unspecified atom stereocenters. The molecule has 1 aliphatic rings. The van der Waals surface area contributed by atoms with Crippen molar-refractivity contribution in [2.75, 3.05) is 13.1 Å². The number of nitrogens with one attached hydrogen (secondary N) is 1. The van der Waals surface area contributed by atoms with Crippen molar-refractivity contribution in [2.24, 2.45) is 0 Å². The summed E-state index contributed by atoms with van der Waals surface area (Å²) in [4.78, 5) is 21.4. The summed E-state index contributed by atoms with van der Waals surface area (Å²) in [5, 5.41) is 9.64. The van der Waals surface area contributed by atoms with E-state index in [1.54, 1.807) is 6.07 Å². The zero-order valence-electron chi connectivity index (χ0n) is 17.8. The maximum Gasteiger partial charge on any atom is 0.337 e. The molecule has 1 aliphatic heterocycles. The van der Waals surface area contributed by atoms with Crippen LogP contribution >= 0.6 is 0 Å². The molecule has 1 aromatic heterocycles. The first-order valence-corrected chi connectivity index (χ1v) is 10.8. The van der Waals surface area contributed by atoms with Gasteiger partial charge in [0.1, 0.15) is 17.5 Å². The molecule has 32 heavy (non-hydrogen) atoms. The van der Waals surface area contributed by atoms with Crippen LogP contribution in [0.2, 0.25) is 0 Å². The smallest absolute Gasteiger partial charge is 0.337 e. The first-order valence-electron chi connectivity index (χ1n) is 10.8. The lowest BCUT2D eigenvalue weighted by atomic mass is 9.96. The van der Waals surface area contributed by atoms with E-state index in [4.69, 9.17) is 0 Å². The highest BCUT2D eigenvalue weighted by Gasteiger charge is 2.22. The molecule has 5 nitrogen and oxygen atoms in total. The maximum atomic E-state index is 13.6. The zero-order valence-corrected chi connectivity index (χ0v) is 17.8. The Morgan fingerprint density at radius 3 is 2.59 bits per heavy atom. The van der Waals surface area contributed by atoms with Gasteiger partial charge in [-0.05, 0) is 53.3 Å². The second-order valence-corrected chi connectivity index (χ2v) is 8.40. The van der Waals surface area contributed by atoms with Crippen molar-refractivity contribution in [3.63, 3.8) is 0 Å². The Hall–Kier alpha value is -3.51. The molecule has 0 aliphatic carbocycles. The molecule has 162 valence electrons. The fourth-order valence-corrected chi connectivity index (χ4v) is 4.52. The minimum atomic E-state index is -0.994. The lowest BCUT2D eigenvalue weighted by Crippen LogP contribution is -2.20. The number of hydrogen-bond donors (Lipinski definition) is 2. The van der Waals surface area contributed by atoms with Crippen molar-refractivity contribution in [3.8, 4) is 22.3 Å². The Morgan fingerprint density at radius 2 is 1.88 bits per heavy atom. The first-order chi connectivity index (χ1) is 15.5. The number of hydrogen-bond acceptors (Lipinski definition) is 3. The van der Waals surface area contributed by atoms with E-state index in [9.17, 15) is 14.3 Å². The van der Waals surface area contributed by atoms with Crippen molar-refractivity contribution < 1.29 is 14.3 Å². The van der Waals surface area contributed by atoms with Crippen LogP contribution in [0.3, 0.4) is 0 Å². The number of carbonyl (C=O) groups is 1. The van der Waals surface area contributed by atoms with Crippen LogP contribution in [0.5, 0.6) is 0 Å². The Bertz CT molecular complexity index is 1300. The lowest BCUT2D eigenvalue weighted by molar-refractivity contribution is 0.0699. The molecule has 0 saturated carbocycles. The third-order valence-electron chi connectivity index (χ3n) is 6.09. The molecular weight excluding hydrogens is 405 g/mol. The van der Waals surface area contributed by atoms with Gasteiger partial charge in [-0.2, -0.15) is 0 Å². The molecule has 0 radical (unpaired) electrons. The van der Waals surface area contributed by atoms with Crippen LogP contribution in [0.15, 0.2) is 60.7 Å². The molecule has 1 atom stereocenters. The van der Waals surface area contributed by atoms with E-state index >= 15 is 0 Å². The Morgan fingerprint density at radius 1 is 1.12 bits per heavy atom. The Labute approximate surface area is 185 Å². The number of likely N-dealkylation sites (tertiary alicyclic amines) is 1. The molecule has 1 saturated heterocycles. The fourth-order valence-electron chi connectivity index (χ4n) is 4.52. The summed E-state index contributed by atoms with van der Waals surface area (Å²) >= 11 is 0. The average Bonchev–Trinajstić information content (AvgIpc) is 3.37. The van der Waals surface area contributed by atoms with Gasteiger partial charge in [-0.1, -0.05) is 48.5 Å². The second kappa shape index (κ2) is 8.20. The van der Waals surface area contributed by atoms with Crippen LogP contribution in [-0.2, 0) is 6.54 Å². The number of imidazole rings is 1. The van der Waals surface area contributed by atoms with Crippen LogP contribution in [0, 0.1) is 6.92 Å². The van der Waals surface area contributed by atoms with Gasteiger partial charge < -0.3 is 10.1 Å². The van der Waals surface area contributed by atoms with E-state index in [1.165, 1.54) is 5.56 Å². The molecule has 1 fully saturated rings. The fraction of sp³-hybridized carbons (Fsp3) is 0.231. The molecular formula is C26H24FN3O2. The summed E-state index contributed by atoms with van der Waals surface area (Å²) < 4.78 is 13.6. The quantitative estimate of drug-likeness (QED) is 0.443. The van der Waals surface area contributed by atoms with Gasteiger partial charge in [0.2, 0.25) is 0 Å². The number of benzene rings is 3. The van der Waals surface area contributed by atoms with E-state index in [0.29, 0.717) is 29.8 Å². The summed E-state index contributed by atoms with van der Waals surface area (Å²) in [5.41, 5.74) is 6.52. The van der Waals surface area contributed by atoms with Gasteiger partial charge in [0.25, 0.3) is 0 Å². The number of nitrogens with zero attached hydrogens (tertiary/aromatic N) is 2. The zero-order chi connectivity index (χ0) is 22.2. The SMILES string of the molecule is Cc1nc2c(C(=O)O)cc(-c3ccc(-c4ccccc4CN4CCC(F)C4)cc3)cc2[nH]1. The highest BCUT2D eigenvalue weighted by Crippen LogP contribution is 2.31. The Balaban J connectivity index is 1.47. The molecule has 2 heterocycles. The number of aromatic carboxylic acids is 1. The highest BCUT2D eigenvalue weighted by molar-refractivity contribution is 6.03. The van der Waals surface area contributed by atoms with Gasteiger partial charge in [0, 0.05) is 19.6 Å². The summed E-state index contributed by atoms with van der Waals surface area (Å²) in [7, 11) is 0. The molecule has 2 N–H and O–H groups in total. The second-order valence-electron chi connectivity index (χ2n) is 8.40. The van der Waals surface area contributed by atoms with E-state index in [0.717, 1.165) is 35.3 Å². The number of aryl methyl sites for hydroxylation is 1. The molecule has 6 heteroatoms. The first kappa shape index (κ1) is 20.4. The van der Waals surface area contributed by atoms with Gasteiger partial charge in [0.15, 0.2) is 0 Å². The number of alkyl halides is 1. The van der Waals surface area contributed by atoms with Crippen molar-refractivity contribution in [1.82, 2.24) is 14.9 Å². The van der Waals surface area contributed by atoms with E-state index in [2.05, 4.69) is 39.1 Å². The van der Waals surface area contributed by atoms with E-state index in [1.807, 2.05) is 37.3 Å². The molecule has 5 rings (SSSR count). The summed E-state index contributed by atoms with van der Waals surface area (Å²) in [6.07, 6.45) is -0.122. The standard InChI is InChI=1S/C26H24FN3O2/c1-16-28-24-13-20(12-23(26(31)32)25(24)29-16)17-6-8-18(9-7-17)22-5-3-2-4-19(22)14-30-11-10-21(27)15-30/h2-9,12-13,21H,10-11,14-15H2,1H3,(H,28,29)(H,31,32). The van der Waals surface area contributed by atoms with Crippen molar-refractivity contribution >= 4 is 17.0 Å². The van der Waals surface area contributed by atoms with Crippen LogP contribution in [0.4, 0.5) is 4.39 Å². The minimum absolute atomic E-state index is 0.188. The highest BCUT2D eigenvalue weighted by atomic mass is 19.1. The van der Waals surface area contributed by atoms with E-state index in [-0.39, 0.29) is 5.56 Å². The van der Waals surface area contributed by atoms with Crippen LogP contribution in [0.1, 0.15) is 28.2 Å². The Kier molecular flexibility index (Phi) is 5.23. The van der Waals surface area contributed by atoms with Gasteiger partial charge >= 0.3 is 5.97 Å². The number of carboxylic acids is 1. The molecule has 3 aromatic carbocycles. The largest absolute Gasteiger partial charge is 0.478 e. The van der Waals surface area contributed by atoms with Crippen molar-refractivity contribution in [3.05, 3.63) is 77.6 Å². The molecule has 0 amide bonds. The topological polar surface area (TPSA) is 69.2 Å². The van der Waals surface area contributed by atoms with Gasteiger partial charge in [0.05, 0.1) is 11.1 Å². The number of halogens is 1. The molecule has 4 aromatic rings. The predicted octanol–water partition coefficient (Wildman–Crippen LogP) is 5.45. The van der Waals surface area contributed by atoms with E-state index < -0.39 is 12.1 Å². The number of fused-ring (bicyclic) bond motifs is 1. The summed E-state index contributed by atoms with van der Waals surface area (Å²) in [6, 6.07) is 20.0. The third kappa shape index (κ3) is 3.89. The van der Waals surface area contributed by atoms with Crippen LogP contribution in [0.25, 0.3) is 33.3 Å². The van der Waals surface area contributed by atoms with Gasteiger partial charge in [-0.15, -0.1) is 0 Å². The predicted molar refractivity (Wildman–Crippen MR) is 123 cm³/mol. The van der Waals surface area contributed by atoms with Crippen molar-refractivity contribution in [1.29, 1.82) is 0 Å². The molecule has 0 bridgehead atoms. The monoisotopic (exact) mass is 429 g/mol. The number of H-pyrrole nitrogens is 1.